The molecule has 0 saturated heterocycles. The summed E-state index contributed by atoms with van der Waals surface area (Å²) in [7, 11) is -3.27. The number of halogens is 1. The van der Waals surface area contributed by atoms with E-state index in [0.29, 0.717) is 13.1 Å². The van der Waals surface area contributed by atoms with Gasteiger partial charge >= 0.3 is 0 Å². The van der Waals surface area contributed by atoms with Crippen molar-refractivity contribution < 1.29 is 8.42 Å². The van der Waals surface area contributed by atoms with Gasteiger partial charge in [-0.25, -0.2) is 8.42 Å². The summed E-state index contributed by atoms with van der Waals surface area (Å²) < 4.78 is 25.6. The van der Waals surface area contributed by atoms with Crippen LogP contribution < -0.4 is 0 Å². The van der Waals surface area contributed by atoms with Crippen LogP contribution in [0.4, 0.5) is 0 Å². The Labute approximate surface area is 106 Å². The van der Waals surface area contributed by atoms with E-state index in [0.717, 1.165) is 4.88 Å². The molecule has 0 aliphatic rings. The van der Waals surface area contributed by atoms with Gasteiger partial charge in [0.2, 0.25) is 10.0 Å². The average Bonchev–Trinajstić information content (AvgIpc) is 2.76. The molecule has 0 aliphatic heterocycles. The SMILES string of the molecule is CCN(Cc1cccs1)S(=O)(=O)C(C)CCl. The van der Waals surface area contributed by atoms with E-state index in [2.05, 4.69) is 0 Å². The highest BCUT2D eigenvalue weighted by atomic mass is 35.5. The molecule has 0 N–H and O–H groups in total. The van der Waals surface area contributed by atoms with Gasteiger partial charge in [0.05, 0.1) is 5.25 Å². The van der Waals surface area contributed by atoms with Gasteiger partial charge in [0, 0.05) is 23.8 Å². The molecule has 1 aromatic rings. The number of sulfonamides is 1. The lowest BCUT2D eigenvalue weighted by atomic mass is 10.4. The van der Waals surface area contributed by atoms with Gasteiger partial charge in [-0.2, -0.15) is 4.31 Å². The molecule has 6 heteroatoms. The van der Waals surface area contributed by atoms with Gasteiger partial charge in [-0.1, -0.05) is 13.0 Å². The molecule has 0 fully saturated rings. The van der Waals surface area contributed by atoms with Crippen molar-refractivity contribution in [2.45, 2.75) is 25.6 Å². The molecule has 0 radical (unpaired) electrons. The smallest absolute Gasteiger partial charge is 0.212 e. The first-order valence-corrected chi connectivity index (χ1v) is 8.01. The van der Waals surface area contributed by atoms with Crippen molar-refractivity contribution >= 4 is 33.0 Å². The first-order valence-electron chi connectivity index (χ1n) is 5.09. The molecule has 1 rings (SSSR count). The van der Waals surface area contributed by atoms with Crippen LogP contribution in [0.5, 0.6) is 0 Å². The lowest BCUT2D eigenvalue weighted by molar-refractivity contribution is 0.421. The predicted octanol–water partition coefficient (Wildman–Crippen LogP) is 2.53. The first kappa shape index (κ1) is 14.0. The molecule has 16 heavy (non-hydrogen) atoms. The van der Waals surface area contributed by atoms with Gasteiger partial charge in [0.25, 0.3) is 0 Å². The lowest BCUT2D eigenvalue weighted by Gasteiger charge is -2.22. The molecule has 0 bridgehead atoms. The monoisotopic (exact) mass is 281 g/mol. The van der Waals surface area contributed by atoms with Crippen LogP contribution >= 0.6 is 22.9 Å². The summed E-state index contributed by atoms with van der Waals surface area (Å²) in [5.41, 5.74) is 0. The van der Waals surface area contributed by atoms with E-state index < -0.39 is 15.3 Å². The van der Waals surface area contributed by atoms with E-state index in [4.69, 9.17) is 11.6 Å². The van der Waals surface area contributed by atoms with Crippen molar-refractivity contribution in [1.29, 1.82) is 0 Å². The van der Waals surface area contributed by atoms with Gasteiger partial charge in [0.15, 0.2) is 0 Å². The molecule has 1 heterocycles. The maximum absolute atomic E-state index is 12.1. The minimum Gasteiger partial charge on any atom is -0.212 e. The topological polar surface area (TPSA) is 37.4 Å². The maximum atomic E-state index is 12.1. The van der Waals surface area contributed by atoms with Crippen LogP contribution in [0.1, 0.15) is 18.7 Å². The fraction of sp³-hybridized carbons (Fsp3) is 0.600. The molecule has 0 amide bonds. The van der Waals surface area contributed by atoms with Crippen molar-refractivity contribution in [3.05, 3.63) is 22.4 Å². The van der Waals surface area contributed by atoms with Crippen molar-refractivity contribution in [2.24, 2.45) is 0 Å². The normalized spacial score (nSPS) is 14.2. The van der Waals surface area contributed by atoms with Crippen LogP contribution in [-0.4, -0.2) is 30.4 Å². The molecule has 3 nitrogen and oxygen atoms in total. The van der Waals surface area contributed by atoms with Crippen LogP contribution in [0, 0.1) is 0 Å². The molecule has 0 aliphatic carbocycles. The molecule has 1 unspecified atom stereocenters. The van der Waals surface area contributed by atoms with Crippen LogP contribution in [0.3, 0.4) is 0 Å². The number of thiophene rings is 1. The Balaban J connectivity index is 2.82. The highest BCUT2D eigenvalue weighted by Crippen LogP contribution is 2.17. The summed E-state index contributed by atoms with van der Waals surface area (Å²) in [4.78, 5) is 1.05. The van der Waals surface area contributed by atoms with Gasteiger partial charge in [-0.05, 0) is 18.4 Å². The number of rotatable bonds is 6. The zero-order valence-electron chi connectivity index (χ0n) is 9.39. The molecule has 1 atom stereocenters. The number of nitrogens with zero attached hydrogens (tertiary/aromatic N) is 1. The van der Waals surface area contributed by atoms with E-state index in [9.17, 15) is 8.42 Å². The van der Waals surface area contributed by atoms with Crippen molar-refractivity contribution in [3.8, 4) is 0 Å². The van der Waals surface area contributed by atoms with Crippen LogP contribution in [-0.2, 0) is 16.6 Å². The van der Waals surface area contributed by atoms with Crippen LogP contribution in [0.15, 0.2) is 17.5 Å². The van der Waals surface area contributed by atoms with Crippen LogP contribution in [0.25, 0.3) is 0 Å². The third-order valence-corrected chi connectivity index (χ3v) is 6.15. The van der Waals surface area contributed by atoms with Gasteiger partial charge in [0.1, 0.15) is 0 Å². The Morgan fingerprint density at radius 3 is 2.69 bits per heavy atom. The van der Waals surface area contributed by atoms with Crippen molar-refractivity contribution in [1.82, 2.24) is 4.31 Å². The lowest BCUT2D eigenvalue weighted by Crippen LogP contribution is -2.37. The standard InChI is InChI=1S/C10H16ClNO2S2/c1-3-12(8-10-5-4-6-15-10)16(13,14)9(2)7-11/h4-6,9H,3,7-8H2,1-2H3. The van der Waals surface area contributed by atoms with Crippen LogP contribution in [0.2, 0.25) is 0 Å². The van der Waals surface area contributed by atoms with Gasteiger partial charge in [-0.3, -0.25) is 0 Å². The largest absolute Gasteiger partial charge is 0.218 e. The van der Waals surface area contributed by atoms with E-state index in [1.807, 2.05) is 24.4 Å². The molecular weight excluding hydrogens is 266 g/mol. The minimum absolute atomic E-state index is 0.128. The van der Waals surface area contributed by atoms with Crippen molar-refractivity contribution in [3.63, 3.8) is 0 Å². The van der Waals surface area contributed by atoms with E-state index in [1.54, 1.807) is 18.3 Å². The Kier molecular flexibility index (Phi) is 5.24. The van der Waals surface area contributed by atoms with Gasteiger partial charge in [-0.15, -0.1) is 22.9 Å². The Morgan fingerprint density at radius 2 is 2.25 bits per heavy atom. The molecule has 0 aromatic carbocycles. The summed E-state index contributed by atoms with van der Waals surface area (Å²) in [6.07, 6.45) is 0. The quantitative estimate of drug-likeness (QED) is 0.752. The molecule has 0 spiro atoms. The summed E-state index contributed by atoms with van der Waals surface area (Å²) >= 11 is 7.18. The number of hydrogen-bond donors (Lipinski definition) is 0. The average molecular weight is 282 g/mol. The van der Waals surface area contributed by atoms with E-state index in [-0.39, 0.29) is 5.88 Å². The summed E-state index contributed by atoms with van der Waals surface area (Å²) in [6.45, 7) is 4.39. The summed E-state index contributed by atoms with van der Waals surface area (Å²) in [5, 5.41) is 1.41. The van der Waals surface area contributed by atoms with Crippen molar-refractivity contribution in [2.75, 3.05) is 12.4 Å². The fourth-order valence-electron chi connectivity index (χ4n) is 1.29. The Bertz CT molecular complexity index is 402. The second-order valence-electron chi connectivity index (χ2n) is 3.52. The van der Waals surface area contributed by atoms with E-state index in [1.165, 1.54) is 4.31 Å². The zero-order chi connectivity index (χ0) is 12.2. The van der Waals surface area contributed by atoms with E-state index >= 15 is 0 Å². The predicted molar refractivity (Wildman–Crippen MR) is 69.5 cm³/mol. The third kappa shape index (κ3) is 3.20. The number of hydrogen-bond acceptors (Lipinski definition) is 3. The molecular formula is C10H16ClNO2S2. The number of alkyl halides is 1. The summed E-state index contributed by atoms with van der Waals surface area (Å²) in [5.74, 6) is 0.128. The minimum atomic E-state index is -3.27. The second kappa shape index (κ2) is 6.00. The Morgan fingerprint density at radius 1 is 1.56 bits per heavy atom. The van der Waals surface area contributed by atoms with Gasteiger partial charge < -0.3 is 0 Å². The summed E-state index contributed by atoms with van der Waals surface area (Å²) in [6, 6.07) is 3.86. The zero-order valence-corrected chi connectivity index (χ0v) is 11.8. The first-order chi connectivity index (χ1) is 7.52. The maximum Gasteiger partial charge on any atom is 0.218 e. The highest BCUT2D eigenvalue weighted by Gasteiger charge is 2.27. The fourth-order valence-corrected chi connectivity index (χ4v) is 3.92. The Hall–Kier alpha value is -0.100. The third-order valence-electron chi connectivity index (χ3n) is 2.35. The highest BCUT2D eigenvalue weighted by molar-refractivity contribution is 7.89. The second-order valence-corrected chi connectivity index (χ2v) is 7.21. The molecule has 1 aromatic heterocycles. The molecule has 0 saturated carbocycles. The molecule has 92 valence electrons.